The number of ether oxygens (including phenoxy) is 2. The third kappa shape index (κ3) is 38.3. The molecule has 12 heteroatoms. The molecule has 0 bridgehead atoms. The van der Waals surface area contributed by atoms with Crippen LogP contribution >= 0.6 is 7.82 Å². The molecule has 0 rings (SSSR count). The summed E-state index contributed by atoms with van der Waals surface area (Å²) < 4.78 is 25.0. The molecule has 0 radical (unpaired) electrons. The number of unbranched alkanes of at least 4 members (excludes halogenated alkanes) is 11. The molecule has 0 saturated carbocycles. The van der Waals surface area contributed by atoms with Gasteiger partial charge in [0.15, 0.2) is 6.10 Å². The summed E-state index contributed by atoms with van der Waals surface area (Å²) in [7, 11) is -5.32. The summed E-state index contributed by atoms with van der Waals surface area (Å²) in [4.78, 5) is 45.5. The van der Waals surface area contributed by atoms with E-state index in [1.165, 1.54) is 51.4 Å². The number of hydrogen-bond donors (Lipinski definition) is 1. The van der Waals surface area contributed by atoms with E-state index in [9.17, 15) is 23.9 Å². The number of rotatable bonds is 19. The predicted octanol–water partition coefficient (Wildman–Crippen LogP) is -0.0959. The first kappa shape index (κ1) is 48.3. The molecule has 0 aromatic rings. The third-order valence-corrected chi connectivity index (χ3v) is 5.55. The van der Waals surface area contributed by atoms with Gasteiger partial charge in [0.2, 0.25) is 0 Å². The van der Waals surface area contributed by atoms with Gasteiger partial charge in [-0.1, -0.05) is 77.6 Å². The van der Waals surface area contributed by atoms with Crippen LogP contribution in [0.5, 0.6) is 0 Å². The van der Waals surface area contributed by atoms with E-state index in [0.29, 0.717) is 6.42 Å². The normalized spacial score (nSPS) is 9.44. The quantitative estimate of drug-likeness (QED) is 0.0503. The standard InChI is InChI=1S/C31H37O8P.H3N.2Na.11H2/c1-3-5-7-9-11-13-15-16-18-20-22-24-26-31(33)39-29(28-38-40(34,35)36)27-37-30(32)25-23-21-19-17-14-12-10-8-6-4-2;;;;;;;;;;;;;;/h2,29H,3,5,7,9,11,13,15-16,18,20,22,24,26-28H2,1H3,(H2,34,35,36);1H3;;;11*1H/q;;2*+1;;;;;;;;;;;/p-2/t29-;;;;;;;;;;;;;;/m1............../s1. The van der Waals surface area contributed by atoms with E-state index in [-0.39, 0.29) is 87.4 Å². The molecule has 0 aromatic carbocycles. The summed E-state index contributed by atoms with van der Waals surface area (Å²) in [6.45, 7) is 0.872. The molecule has 0 spiro atoms. The molecule has 0 fully saturated rings. The fourth-order valence-corrected chi connectivity index (χ4v) is 3.54. The van der Waals surface area contributed by atoms with Crippen LogP contribution in [0.3, 0.4) is 0 Å². The summed E-state index contributed by atoms with van der Waals surface area (Å²) in [5, 5.41) is 0. The van der Waals surface area contributed by atoms with Crippen molar-refractivity contribution in [1.29, 1.82) is 0 Å². The summed E-state index contributed by atoms with van der Waals surface area (Å²) in [6.07, 6.45) is 17.4. The summed E-state index contributed by atoms with van der Waals surface area (Å²) >= 11 is 0. The monoisotopic (exact) mass is 651 g/mol. The molecule has 1 atom stereocenters. The Morgan fingerprint density at radius 1 is 0.744 bits per heavy atom. The molecule has 0 aliphatic rings. The summed E-state index contributed by atoms with van der Waals surface area (Å²) in [5.41, 5.74) is 0. The van der Waals surface area contributed by atoms with Crippen LogP contribution in [-0.4, -0.2) is 31.3 Å². The first-order chi connectivity index (χ1) is 19.3. The second-order valence-electron chi connectivity index (χ2n) is 8.49. The zero-order valence-electron chi connectivity index (χ0n) is 25.7. The van der Waals surface area contributed by atoms with Crippen LogP contribution in [0.1, 0.15) is 106 Å². The van der Waals surface area contributed by atoms with Gasteiger partial charge in [-0.05, 0) is 65.6 Å². The van der Waals surface area contributed by atoms with Gasteiger partial charge in [-0.15, -0.1) is 6.42 Å². The Kier molecular flexibility index (Phi) is 39.1. The van der Waals surface area contributed by atoms with Crippen LogP contribution in [0.25, 0.3) is 0 Å². The Morgan fingerprint density at radius 3 is 1.65 bits per heavy atom. The maximum Gasteiger partial charge on any atom is 1.00 e. The second-order valence-corrected chi connectivity index (χ2v) is 9.64. The van der Waals surface area contributed by atoms with Crippen LogP contribution in [0.4, 0.5) is 0 Å². The van der Waals surface area contributed by atoms with Crippen molar-refractivity contribution < 1.29 is 113 Å². The molecule has 0 saturated heterocycles. The van der Waals surface area contributed by atoms with E-state index in [1.807, 2.05) is 0 Å². The van der Waals surface area contributed by atoms with Gasteiger partial charge in [0.05, 0.1) is 14.4 Å². The average molecular weight is 652 g/mol. The number of esters is 2. The Bertz CT molecular complexity index is 1220. The molecular formula is C31H60NNa2O8P. The smallest absolute Gasteiger partial charge is 0.790 e. The van der Waals surface area contributed by atoms with Crippen molar-refractivity contribution >= 4 is 19.8 Å². The van der Waals surface area contributed by atoms with E-state index < -0.39 is 39.1 Å². The van der Waals surface area contributed by atoms with Crippen LogP contribution in [0, 0.1) is 71.5 Å². The third-order valence-electron chi connectivity index (χ3n) is 5.09. The van der Waals surface area contributed by atoms with Crippen LogP contribution in [0.15, 0.2) is 0 Å². The Labute approximate surface area is 318 Å². The van der Waals surface area contributed by atoms with Gasteiger partial charge in [0.25, 0.3) is 0 Å². The predicted molar refractivity (Wildman–Crippen MR) is 176 cm³/mol. The zero-order chi connectivity index (χ0) is 29.7. The summed E-state index contributed by atoms with van der Waals surface area (Å²) in [6, 6.07) is 0. The van der Waals surface area contributed by atoms with Crippen molar-refractivity contribution in [2.45, 2.75) is 96.5 Å². The van der Waals surface area contributed by atoms with Gasteiger partial charge in [0.1, 0.15) is 6.61 Å². The fourth-order valence-electron chi connectivity index (χ4n) is 3.19. The molecule has 43 heavy (non-hydrogen) atoms. The van der Waals surface area contributed by atoms with E-state index in [0.717, 1.165) is 19.3 Å². The van der Waals surface area contributed by atoms with Crippen molar-refractivity contribution in [3.8, 4) is 71.5 Å². The Morgan fingerprint density at radius 2 is 1.19 bits per heavy atom. The van der Waals surface area contributed by atoms with Gasteiger partial charge < -0.3 is 34.5 Å². The van der Waals surface area contributed by atoms with Crippen molar-refractivity contribution in [2.75, 3.05) is 13.2 Å². The maximum atomic E-state index is 12.1. The van der Waals surface area contributed by atoms with Crippen molar-refractivity contribution in [2.24, 2.45) is 0 Å². The molecule has 0 amide bonds. The number of hydrogen-bond acceptors (Lipinski definition) is 9. The molecule has 0 unspecified atom stereocenters. The van der Waals surface area contributed by atoms with Crippen LogP contribution in [-0.2, 0) is 28.2 Å². The molecule has 0 aromatic heterocycles. The number of carbonyl (C=O) groups excluding carboxylic acids is 2. The van der Waals surface area contributed by atoms with E-state index in [4.69, 9.17) is 15.9 Å². The minimum absolute atomic E-state index is 0. The van der Waals surface area contributed by atoms with E-state index in [2.05, 4.69) is 76.6 Å². The number of phosphoric acid groups is 1. The van der Waals surface area contributed by atoms with Gasteiger partial charge in [-0.2, -0.15) is 0 Å². The van der Waals surface area contributed by atoms with Gasteiger partial charge in [0, 0.05) is 28.0 Å². The van der Waals surface area contributed by atoms with E-state index >= 15 is 0 Å². The van der Waals surface area contributed by atoms with Gasteiger partial charge in [-0.3, -0.25) is 4.79 Å². The Balaban J connectivity index is -0.0000000836. The maximum absolute atomic E-state index is 12.1. The number of terminal acetylenes is 1. The van der Waals surface area contributed by atoms with Crippen molar-refractivity contribution in [3.05, 3.63) is 0 Å². The van der Waals surface area contributed by atoms with Crippen LogP contribution in [0.2, 0.25) is 0 Å². The first-order valence-electron chi connectivity index (χ1n) is 13.3. The average Bonchev–Trinajstić information content (AvgIpc) is 2.91. The topological polar surface area (TPSA) is 160 Å². The second kappa shape index (κ2) is 34.9. The molecule has 0 heterocycles. The molecule has 9 nitrogen and oxygen atoms in total. The fraction of sp³-hybridized carbons (Fsp3) is 0.548. The molecular weight excluding hydrogens is 591 g/mol. The zero-order valence-corrected chi connectivity index (χ0v) is 30.6. The molecule has 3 N–H and O–H groups in total. The van der Waals surface area contributed by atoms with E-state index in [1.54, 1.807) is 0 Å². The molecule has 244 valence electrons. The van der Waals surface area contributed by atoms with Gasteiger partial charge >= 0.3 is 71.1 Å². The largest absolute Gasteiger partial charge is 1.00 e. The Hall–Kier alpha value is -1.63. The SMILES string of the molecule is C#CC#CC#CC#CC#CC#CC(=O)OC[C@H](COP(=O)([O-])[O-])OC(=O)CCCCCCCCCCCCCC.N.[HH].[HH].[HH].[HH].[HH].[HH].[HH].[HH].[HH].[HH].[HH].[Na+].[Na+]. The van der Waals surface area contributed by atoms with Crippen LogP contribution < -0.4 is 75.1 Å². The van der Waals surface area contributed by atoms with Crippen molar-refractivity contribution in [1.82, 2.24) is 6.15 Å². The van der Waals surface area contributed by atoms with Crippen molar-refractivity contribution in [3.63, 3.8) is 0 Å². The number of phosphoric ester groups is 1. The summed E-state index contributed by atoms with van der Waals surface area (Å²) in [5.74, 6) is 23.5. The van der Waals surface area contributed by atoms with Gasteiger partial charge in [-0.25, -0.2) is 4.79 Å². The molecule has 0 aliphatic carbocycles. The number of carbonyl (C=O) groups is 2. The first-order valence-corrected chi connectivity index (χ1v) is 14.7. The molecule has 0 aliphatic heterocycles. The minimum atomic E-state index is -5.32. The minimum Gasteiger partial charge on any atom is -0.790 e.